The van der Waals surface area contributed by atoms with Crippen LogP contribution in [-0.4, -0.2) is 20.3 Å². The molecule has 0 heterocycles. The van der Waals surface area contributed by atoms with Gasteiger partial charge in [-0.15, -0.1) is 0 Å². The van der Waals surface area contributed by atoms with E-state index in [0.717, 1.165) is 29.9 Å². The summed E-state index contributed by atoms with van der Waals surface area (Å²) in [5.74, 6) is 6.43. The van der Waals surface area contributed by atoms with Crippen LogP contribution in [-0.2, 0) is 4.74 Å². The van der Waals surface area contributed by atoms with Crippen molar-refractivity contribution in [3.8, 4) is 5.75 Å². The predicted molar refractivity (Wildman–Crippen MR) is 68.9 cm³/mol. The molecule has 0 bridgehead atoms. The van der Waals surface area contributed by atoms with Crippen molar-refractivity contribution in [3.63, 3.8) is 0 Å². The number of nitrogens with two attached hydrogens (primary N) is 1. The molecule has 0 aliphatic carbocycles. The molecule has 0 saturated heterocycles. The maximum Gasteiger partial charge on any atom is 0.121 e. The van der Waals surface area contributed by atoms with E-state index in [2.05, 4.69) is 18.4 Å². The van der Waals surface area contributed by atoms with Gasteiger partial charge >= 0.3 is 0 Å². The molecule has 4 heteroatoms. The molecule has 0 aliphatic heterocycles. The maximum absolute atomic E-state index is 5.55. The van der Waals surface area contributed by atoms with Crippen molar-refractivity contribution >= 4 is 0 Å². The summed E-state index contributed by atoms with van der Waals surface area (Å²) in [6, 6.07) is 6.05. The van der Waals surface area contributed by atoms with Crippen LogP contribution in [0.15, 0.2) is 18.2 Å². The highest BCUT2D eigenvalue weighted by Gasteiger charge is 2.11. The van der Waals surface area contributed by atoms with Crippen LogP contribution >= 0.6 is 0 Å². The number of rotatable bonds is 7. The van der Waals surface area contributed by atoms with Crippen LogP contribution < -0.4 is 16.0 Å². The van der Waals surface area contributed by atoms with Crippen molar-refractivity contribution in [2.75, 3.05) is 20.3 Å². The Morgan fingerprint density at radius 2 is 2.18 bits per heavy atom. The van der Waals surface area contributed by atoms with Gasteiger partial charge in [-0.25, -0.2) is 0 Å². The van der Waals surface area contributed by atoms with Crippen LogP contribution in [0, 0.1) is 6.92 Å². The lowest BCUT2D eigenvalue weighted by molar-refractivity contribution is 0.112. The number of hydrogen-bond donors (Lipinski definition) is 2. The van der Waals surface area contributed by atoms with Crippen molar-refractivity contribution in [2.45, 2.75) is 26.3 Å². The summed E-state index contributed by atoms with van der Waals surface area (Å²) in [6.45, 7) is 5.44. The summed E-state index contributed by atoms with van der Waals surface area (Å²) in [5.41, 5.74) is 4.99. The third kappa shape index (κ3) is 4.00. The molecule has 0 fully saturated rings. The monoisotopic (exact) mass is 238 g/mol. The zero-order valence-electron chi connectivity index (χ0n) is 10.8. The number of benzene rings is 1. The number of methoxy groups -OCH3 is 1. The van der Waals surface area contributed by atoms with Gasteiger partial charge in [-0.2, -0.15) is 0 Å². The van der Waals surface area contributed by atoms with Gasteiger partial charge in [-0.3, -0.25) is 11.3 Å². The number of hydrazine groups is 1. The average molecular weight is 238 g/mol. The van der Waals surface area contributed by atoms with Crippen LogP contribution in [0.1, 0.15) is 30.5 Å². The summed E-state index contributed by atoms with van der Waals surface area (Å²) in [6.07, 6.45) is 1.01. The summed E-state index contributed by atoms with van der Waals surface area (Å²) < 4.78 is 10.7. The normalized spacial score (nSPS) is 12.5. The molecule has 17 heavy (non-hydrogen) atoms. The molecule has 96 valence electrons. The Bertz CT molecular complexity index is 342. The maximum atomic E-state index is 5.55. The van der Waals surface area contributed by atoms with Gasteiger partial charge in [0.2, 0.25) is 0 Å². The third-order valence-corrected chi connectivity index (χ3v) is 2.66. The fraction of sp³-hybridized carbons (Fsp3) is 0.538. The lowest BCUT2D eigenvalue weighted by atomic mass is 10.0. The zero-order valence-corrected chi connectivity index (χ0v) is 10.8. The van der Waals surface area contributed by atoms with E-state index in [1.54, 1.807) is 7.11 Å². The summed E-state index contributed by atoms with van der Waals surface area (Å²) >= 11 is 0. The first-order valence-corrected chi connectivity index (χ1v) is 5.91. The molecule has 0 saturated carbocycles. The quantitative estimate of drug-likeness (QED) is 0.433. The SMILES string of the molecule is CCCOCC(NN)c1ccc(OC)c(C)c1. The fourth-order valence-electron chi connectivity index (χ4n) is 1.70. The molecular weight excluding hydrogens is 216 g/mol. The molecule has 1 rings (SSSR count). The third-order valence-electron chi connectivity index (χ3n) is 2.66. The van der Waals surface area contributed by atoms with Crippen molar-refractivity contribution in [1.29, 1.82) is 0 Å². The Morgan fingerprint density at radius 3 is 2.71 bits per heavy atom. The topological polar surface area (TPSA) is 56.5 Å². The number of aryl methyl sites for hydroxylation is 1. The molecule has 0 spiro atoms. The van der Waals surface area contributed by atoms with Gasteiger partial charge in [0.25, 0.3) is 0 Å². The summed E-state index contributed by atoms with van der Waals surface area (Å²) in [7, 11) is 1.67. The lowest BCUT2D eigenvalue weighted by Gasteiger charge is -2.17. The van der Waals surface area contributed by atoms with Crippen molar-refractivity contribution < 1.29 is 9.47 Å². The minimum absolute atomic E-state index is 0.0196. The first kappa shape index (κ1) is 14.0. The van der Waals surface area contributed by atoms with E-state index in [-0.39, 0.29) is 6.04 Å². The average Bonchev–Trinajstić information content (AvgIpc) is 2.35. The molecule has 0 amide bonds. The van der Waals surface area contributed by atoms with E-state index < -0.39 is 0 Å². The first-order chi connectivity index (χ1) is 8.22. The second-order valence-electron chi connectivity index (χ2n) is 4.02. The Kier molecular flexibility index (Phi) is 5.97. The first-order valence-electron chi connectivity index (χ1n) is 5.91. The van der Waals surface area contributed by atoms with Crippen molar-refractivity contribution in [3.05, 3.63) is 29.3 Å². The molecular formula is C13H22N2O2. The lowest BCUT2D eigenvalue weighted by Crippen LogP contribution is -2.31. The van der Waals surface area contributed by atoms with Crippen LogP contribution in [0.5, 0.6) is 5.75 Å². The van der Waals surface area contributed by atoms with Gasteiger partial charge in [0.1, 0.15) is 5.75 Å². The van der Waals surface area contributed by atoms with Crippen molar-refractivity contribution in [2.24, 2.45) is 5.84 Å². The van der Waals surface area contributed by atoms with Crippen LogP contribution in [0.25, 0.3) is 0 Å². The van der Waals surface area contributed by atoms with E-state index in [1.807, 2.05) is 19.1 Å². The van der Waals surface area contributed by atoms with Crippen molar-refractivity contribution in [1.82, 2.24) is 5.43 Å². The molecule has 1 atom stereocenters. The molecule has 4 nitrogen and oxygen atoms in total. The highest BCUT2D eigenvalue weighted by Crippen LogP contribution is 2.22. The summed E-state index contributed by atoms with van der Waals surface area (Å²) in [4.78, 5) is 0. The Balaban J connectivity index is 2.71. The van der Waals surface area contributed by atoms with E-state index in [4.69, 9.17) is 15.3 Å². The molecule has 0 aromatic heterocycles. The van der Waals surface area contributed by atoms with Gasteiger partial charge in [-0.05, 0) is 30.5 Å². The highest BCUT2D eigenvalue weighted by atomic mass is 16.5. The molecule has 0 aliphatic rings. The van der Waals surface area contributed by atoms with E-state index >= 15 is 0 Å². The minimum Gasteiger partial charge on any atom is -0.496 e. The number of nitrogens with one attached hydrogen (secondary N) is 1. The molecule has 1 aromatic carbocycles. The number of hydrogen-bond acceptors (Lipinski definition) is 4. The van der Waals surface area contributed by atoms with Crippen LogP contribution in [0.4, 0.5) is 0 Å². The van der Waals surface area contributed by atoms with Crippen LogP contribution in [0.3, 0.4) is 0 Å². The Labute approximate surface area is 103 Å². The smallest absolute Gasteiger partial charge is 0.121 e. The highest BCUT2D eigenvalue weighted by molar-refractivity contribution is 5.37. The summed E-state index contributed by atoms with van der Waals surface area (Å²) in [5, 5.41) is 0. The van der Waals surface area contributed by atoms with E-state index in [1.165, 1.54) is 0 Å². The molecule has 3 N–H and O–H groups in total. The van der Waals surface area contributed by atoms with Gasteiger partial charge in [0.05, 0.1) is 19.8 Å². The van der Waals surface area contributed by atoms with E-state index in [0.29, 0.717) is 6.61 Å². The van der Waals surface area contributed by atoms with Gasteiger partial charge in [0.15, 0.2) is 0 Å². The molecule has 1 aromatic rings. The molecule has 1 unspecified atom stereocenters. The second kappa shape index (κ2) is 7.27. The molecule has 0 radical (unpaired) electrons. The minimum atomic E-state index is 0.0196. The van der Waals surface area contributed by atoms with Crippen LogP contribution in [0.2, 0.25) is 0 Å². The predicted octanol–water partition coefficient (Wildman–Crippen LogP) is 1.93. The standard InChI is InChI=1S/C13H22N2O2/c1-4-7-17-9-12(15-14)11-5-6-13(16-3)10(2)8-11/h5-6,8,12,15H,4,7,9,14H2,1-3H3. The Morgan fingerprint density at radius 1 is 1.41 bits per heavy atom. The van der Waals surface area contributed by atoms with E-state index in [9.17, 15) is 0 Å². The van der Waals surface area contributed by atoms with Gasteiger partial charge in [0, 0.05) is 6.61 Å². The largest absolute Gasteiger partial charge is 0.496 e. The second-order valence-corrected chi connectivity index (χ2v) is 4.02. The van der Waals surface area contributed by atoms with Gasteiger partial charge < -0.3 is 9.47 Å². The fourth-order valence-corrected chi connectivity index (χ4v) is 1.70. The van der Waals surface area contributed by atoms with Gasteiger partial charge in [-0.1, -0.05) is 19.1 Å². The zero-order chi connectivity index (χ0) is 12.7. The number of ether oxygens (including phenoxy) is 2. The Hall–Kier alpha value is -1.10.